The van der Waals surface area contributed by atoms with Gasteiger partial charge in [0, 0.05) is 16.5 Å². The summed E-state index contributed by atoms with van der Waals surface area (Å²) in [5.41, 5.74) is 2.02. The lowest BCUT2D eigenvalue weighted by molar-refractivity contribution is 0.102. The van der Waals surface area contributed by atoms with E-state index in [1.807, 2.05) is 6.92 Å². The van der Waals surface area contributed by atoms with Crippen molar-refractivity contribution in [3.8, 4) is 22.1 Å². The summed E-state index contributed by atoms with van der Waals surface area (Å²) in [5.74, 6) is -0.683. The molecule has 174 valence electrons. The van der Waals surface area contributed by atoms with Crippen LogP contribution in [0.3, 0.4) is 0 Å². The van der Waals surface area contributed by atoms with Crippen molar-refractivity contribution in [2.45, 2.75) is 13.5 Å². The second-order valence-corrected chi connectivity index (χ2v) is 8.60. The van der Waals surface area contributed by atoms with E-state index in [1.54, 1.807) is 41.8 Å². The summed E-state index contributed by atoms with van der Waals surface area (Å²) in [7, 11) is 1.49. The molecule has 0 saturated heterocycles. The minimum absolute atomic E-state index is 0.0711. The molecule has 4 aromatic rings. The van der Waals surface area contributed by atoms with Crippen LogP contribution in [0.4, 0.5) is 14.5 Å². The fraction of sp³-hybridized carbons (Fsp3) is 0.120. The second kappa shape index (κ2) is 10.2. The van der Waals surface area contributed by atoms with Crippen LogP contribution in [0.15, 0.2) is 60.0 Å². The van der Waals surface area contributed by atoms with Gasteiger partial charge in [-0.3, -0.25) is 4.79 Å². The van der Waals surface area contributed by atoms with Crippen molar-refractivity contribution < 1.29 is 23.0 Å². The number of hydrogen-bond acceptors (Lipinski definition) is 5. The number of amides is 1. The number of carbonyl (C=O) groups is 1. The van der Waals surface area contributed by atoms with Crippen LogP contribution >= 0.6 is 22.9 Å². The zero-order chi connectivity index (χ0) is 24.2. The number of rotatable bonds is 7. The number of methoxy groups -OCH3 is 1. The number of anilines is 1. The summed E-state index contributed by atoms with van der Waals surface area (Å²) in [6.07, 6.45) is 0. The lowest BCUT2D eigenvalue weighted by Gasteiger charge is -2.13. The molecule has 0 saturated carbocycles. The summed E-state index contributed by atoms with van der Waals surface area (Å²) >= 11 is 7.32. The van der Waals surface area contributed by atoms with Crippen LogP contribution in [0.2, 0.25) is 5.02 Å². The molecule has 5 nitrogen and oxygen atoms in total. The number of halogens is 3. The van der Waals surface area contributed by atoms with E-state index in [4.69, 9.17) is 21.1 Å². The van der Waals surface area contributed by atoms with Gasteiger partial charge in [-0.25, -0.2) is 13.8 Å². The number of carbonyl (C=O) groups excluding carboxylic acids is 1. The van der Waals surface area contributed by atoms with E-state index in [1.165, 1.54) is 36.6 Å². The van der Waals surface area contributed by atoms with Crippen LogP contribution in [0.25, 0.3) is 10.6 Å². The number of thiazole rings is 1. The highest BCUT2D eigenvalue weighted by atomic mass is 35.5. The van der Waals surface area contributed by atoms with Crippen molar-refractivity contribution in [2.24, 2.45) is 0 Å². The lowest BCUT2D eigenvalue weighted by Crippen LogP contribution is -2.13. The molecule has 3 aromatic carbocycles. The van der Waals surface area contributed by atoms with Crippen molar-refractivity contribution in [1.29, 1.82) is 0 Å². The summed E-state index contributed by atoms with van der Waals surface area (Å²) in [4.78, 5) is 16.9. The lowest BCUT2D eigenvalue weighted by atomic mass is 10.2. The molecule has 0 aliphatic heterocycles. The maximum atomic E-state index is 14.0. The third kappa shape index (κ3) is 5.18. The zero-order valence-corrected chi connectivity index (χ0v) is 19.8. The maximum absolute atomic E-state index is 14.0. The fourth-order valence-corrected chi connectivity index (χ4v) is 4.19. The molecule has 34 heavy (non-hydrogen) atoms. The topological polar surface area (TPSA) is 60.5 Å². The van der Waals surface area contributed by atoms with E-state index >= 15 is 0 Å². The largest absolute Gasteiger partial charge is 0.493 e. The first-order valence-electron chi connectivity index (χ1n) is 10.1. The average molecular weight is 501 g/mol. The van der Waals surface area contributed by atoms with Gasteiger partial charge in [0.1, 0.15) is 28.9 Å². The van der Waals surface area contributed by atoms with E-state index in [0.29, 0.717) is 22.1 Å². The predicted molar refractivity (Wildman–Crippen MR) is 129 cm³/mol. The number of hydrogen-bond donors (Lipinski definition) is 1. The van der Waals surface area contributed by atoms with Gasteiger partial charge < -0.3 is 14.8 Å². The standard InChI is InChI=1S/C25H19ClF2N2O3S/c1-14-6-8-19(28)20(10-14)29-24(31)21-13-34-25(30-21)15-7-9-22(23(11-15)32-2)33-12-16-17(26)4-3-5-18(16)27/h3-11,13H,12H2,1-2H3,(H,29,31). The van der Waals surface area contributed by atoms with Crippen molar-refractivity contribution in [3.63, 3.8) is 0 Å². The Labute approximate surface area is 203 Å². The molecule has 0 atom stereocenters. The molecule has 1 amide bonds. The summed E-state index contributed by atoms with van der Waals surface area (Å²) < 4.78 is 39.1. The Morgan fingerprint density at radius 1 is 1.09 bits per heavy atom. The third-order valence-corrected chi connectivity index (χ3v) is 6.20. The molecule has 0 bridgehead atoms. The van der Waals surface area contributed by atoms with Crippen molar-refractivity contribution in [2.75, 3.05) is 12.4 Å². The first kappa shape index (κ1) is 23.7. The summed E-state index contributed by atoms with van der Waals surface area (Å²) in [6.45, 7) is 1.74. The highest BCUT2D eigenvalue weighted by Crippen LogP contribution is 2.35. The molecule has 0 unspecified atom stereocenters. The third-order valence-electron chi connectivity index (χ3n) is 4.95. The van der Waals surface area contributed by atoms with E-state index in [9.17, 15) is 13.6 Å². The zero-order valence-electron chi connectivity index (χ0n) is 18.2. The van der Waals surface area contributed by atoms with Crippen LogP contribution in [-0.2, 0) is 6.61 Å². The number of nitrogens with zero attached hydrogens (tertiary/aromatic N) is 1. The molecule has 1 N–H and O–H groups in total. The van der Waals surface area contributed by atoms with Crippen LogP contribution in [-0.4, -0.2) is 18.0 Å². The number of aromatic nitrogens is 1. The predicted octanol–water partition coefficient (Wildman–Crippen LogP) is 6.89. The van der Waals surface area contributed by atoms with Crippen LogP contribution in [0, 0.1) is 18.6 Å². The molecule has 4 rings (SSSR count). The molecular weight excluding hydrogens is 482 g/mol. The number of ether oxygens (including phenoxy) is 2. The monoisotopic (exact) mass is 500 g/mol. The molecule has 0 radical (unpaired) electrons. The average Bonchev–Trinajstić information content (AvgIpc) is 3.32. The highest BCUT2D eigenvalue weighted by molar-refractivity contribution is 7.13. The van der Waals surface area contributed by atoms with E-state index in [2.05, 4.69) is 10.3 Å². The maximum Gasteiger partial charge on any atom is 0.275 e. The smallest absolute Gasteiger partial charge is 0.275 e. The van der Waals surface area contributed by atoms with Crippen molar-refractivity contribution in [1.82, 2.24) is 4.98 Å². The van der Waals surface area contributed by atoms with Gasteiger partial charge in [0.2, 0.25) is 0 Å². The van der Waals surface area contributed by atoms with Gasteiger partial charge in [0.25, 0.3) is 5.91 Å². The molecule has 0 fully saturated rings. The Morgan fingerprint density at radius 3 is 2.68 bits per heavy atom. The summed E-state index contributed by atoms with van der Waals surface area (Å²) in [6, 6.07) is 14.0. The quantitative estimate of drug-likeness (QED) is 0.300. The van der Waals surface area contributed by atoms with Gasteiger partial charge >= 0.3 is 0 Å². The van der Waals surface area contributed by atoms with Gasteiger partial charge in [0.05, 0.1) is 17.8 Å². The Kier molecular flexibility index (Phi) is 7.09. The van der Waals surface area contributed by atoms with Gasteiger partial charge in [0.15, 0.2) is 11.5 Å². The van der Waals surface area contributed by atoms with Crippen molar-refractivity contribution >= 4 is 34.5 Å². The van der Waals surface area contributed by atoms with E-state index < -0.39 is 17.5 Å². The minimum Gasteiger partial charge on any atom is -0.493 e. The number of aryl methyl sites for hydroxylation is 1. The number of benzene rings is 3. The Bertz CT molecular complexity index is 1340. The first-order chi connectivity index (χ1) is 16.4. The van der Waals surface area contributed by atoms with Crippen molar-refractivity contribution in [3.05, 3.63) is 93.5 Å². The van der Waals surface area contributed by atoms with Crippen LogP contribution in [0.1, 0.15) is 21.6 Å². The fourth-order valence-electron chi connectivity index (χ4n) is 3.17. The number of nitrogens with one attached hydrogen (secondary N) is 1. The first-order valence-corrected chi connectivity index (χ1v) is 11.4. The molecule has 1 aromatic heterocycles. The molecule has 0 spiro atoms. The minimum atomic E-state index is -0.522. The van der Waals surface area contributed by atoms with E-state index in [-0.39, 0.29) is 28.6 Å². The Hall–Kier alpha value is -3.49. The van der Waals surface area contributed by atoms with Crippen LogP contribution in [0.5, 0.6) is 11.5 Å². The van der Waals surface area contributed by atoms with Gasteiger partial charge in [-0.15, -0.1) is 11.3 Å². The van der Waals surface area contributed by atoms with Gasteiger partial charge in [-0.05, 0) is 55.0 Å². The van der Waals surface area contributed by atoms with Gasteiger partial charge in [-0.2, -0.15) is 0 Å². The molecule has 0 aliphatic rings. The SMILES string of the molecule is COc1cc(-c2nc(C(=O)Nc3cc(C)ccc3F)cs2)ccc1OCc1c(F)cccc1Cl. The highest BCUT2D eigenvalue weighted by Gasteiger charge is 2.16. The molecule has 1 heterocycles. The second-order valence-electron chi connectivity index (χ2n) is 7.33. The molecular formula is C25H19ClF2N2O3S. The van der Waals surface area contributed by atoms with E-state index in [0.717, 1.165) is 5.56 Å². The normalized spacial score (nSPS) is 10.7. The Balaban J connectivity index is 1.50. The summed E-state index contributed by atoms with van der Waals surface area (Å²) in [5, 5.41) is 4.98. The molecule has 0 aliphatic carbocycles. The van der Waals surface area contributed by atoms with Gasteiger partial charge in [-0.1, -0.05) is 23.7 Å². The Morgan fingerprint density at radius 2 is 1.91 bits per heavy atom. The molecule has 9 heteroatoms. The van der Waals surface area contributed by atoms with Crippen LogP contribution < -0.4 is 14.8 Å².